The predicted octanol–water partition coefficient (Wildman–Crippen LogP) is 6.60. The Balaban J connectivity index is 1.46. The minimum atomic E-state index is -3.90. The van der Waals surface area contributed by atoms with Crippen molar-refractivity contribution in [3.63, 3.8) is 0 Å². The fourth-order valence-electron chi connectivity index (χ4n) is 5.65. The molecule has 10 heteroatoms. The topological polar surface area (TPSA) is 96.0 Å². The van der Waals surface area contributed by atoms with Crippen LogP contribution in [-0.4, -0.2) is 50.0 Å². The lowest BCUT2D eigenvalue weighted by Gasteiger charge is -2.34. The van der Waals surface area contributed by atoms with Crippen LogP contribution >= 0.6 is 11.6 Å². The van der Waals surface area contributed by atoms with E-state index in [1.165, 1.54) is 4.90 Å². The van der Waals surface area contributed by atoms with Crippen LogP contribution in [0, 0.1) is 0 Å². The summed E-state index contributed by atoms with van der Waals surface area (Å²) in [5.41, 5.74) is 1.82. The van der Waals surface area contributed by atoms with Crippen LogP contribution in [0.5, 0.6) is 11.5 Å². The van der Waals surface area contributed by atoms with E-state index in [2.05, 4.69) is 5.32 Å². The number of nitrogens with zero attached hydrogens (tertiary/aromatic N) is 2. The van der Waals surface area contributed by atoms with Crippen molar-refractivity contribution in [3.8, 4) is 11.5 Å². The predicted molar refractivity (Wildman–Crippen MR) is 181 cm³/mol. The van der Waals surface area contributed by atoms with Crippen LogP contribution in [0.3, 0.4) is 0 Å². The van der Waals surface area contributed by atoms with E-state index < -0.39 is 28.5 Å². The fraction of sp³-hybridized carbons (Fsp3) is 0.278. The smallest absolute Gasteiger partial charge is 0.244 e. The quantitative estimate of drug-likeness (QED) is 0.175. The molecule has 0 aliphatic heterocycles. The first-order valence-corrected chi connectivity index (χ1v) is 17.6. The highest BCUT2D eigenvalue weighted by Gasteiger charge is 2.34. The van der Waals surface area contributed by atoms with Crippen molar-refractivity contribution < 1.29 is 22.7 Å². The van der Waals surface area contributed by atoms with E-state index in [1.54, 1.807) is 42.5 Å². The number of para-hydroxylation sites is 1. The van der Waals surface area contributed by atoms with Crippen molar-refractivity contribution in [2.75, 3.05) is 17.1 Å². The molecule has 0 unspecified atom stereocenters. The molecule has 0 radical (unpaired) electrons. The van der Waals surface area contributed by atoms with Gasteiger partial charge in [-0.1, -0.05) is 91.2 Å². The fourth-order valence-corrected chi connectivity index (χ4v) is 6.70. The largest absolute Gasteiger partial charge is 0.457 e. The third-order valence-corrected chi connectivity index (χ3v) is 9.56. The summed E-state index contributed by atoms with van der Waals surface area (Å²) in [4.78, 5) is 29.8. The zero-order chi connectivity index (χ0) is 32.5. The van der Waals surface area contributed by atoms with Crippen LogP contribution in [0.25, 0.3) is 0 Å². The first-order chi connectivity index (χ1) is 22.2. The Morgan fingerprint density at radius 2 is 1.43 bits per heavy atom. The number of sulfonamides is 1. The van der Waals surface area contributed by atoms with Gasteiger partial charge >= 0.3 is 0 Å². The molecule has 0 aromatic heterocycles. The number of carbonyl (C=O) groups excluding carboxylic acids is 2. The molecule has 0 bridgehead atoms. The summed E-state index contributed by atoms with van der Waals surface area (Å²) in [6.45, 7) is -0.486. The van der Waals surface area contributed by atoms with Gasteiger partial charge in [0, 0.05) is 24.0 Å². The molecule has 1 N–H and O–H groups in total. The van der Waals surface area contributed by atoms with E-state index in [4.69, 9.17) is 16.3 Å². The first-order valence-electron chi connectivity index (χ1n) is 15.4. The zero-order valence-electron chi connectivity index (χ0n) is 25.7. The second-order valence-corrected chi connectivity index (χ2v) is 13.8. The first kappa shape index (κ1) is 33.0. The average molecular weight is 660 g/mol. The third kappa shape index (κ3) is 8.89. The number of anilines is 1. The molecule has 4 aromatic carbocycles. The lowest BCUT2D eigenvalue weighted by molar-refractivity contribution is -0.140. The lowest BCUT2D eigenvalue weighted by Crippen LogP contribution is -2.54. The van der Waals surface area contributed by atoms with Crippen LogP contribution in [0.4, 0.5) is 5.69 Å². The molecular formula is C36H38ClN3O5S. The maximum Gasteiger partial charge on any atom is 0.244 e. The van der Waals surface area contributed by atoms with Crippen molar-refractivity contribution in [1.82, 2.24) is 10.2 Å². The van der Waals surface area contributed by atoms with Crippen molar-refractivity contribution in [2.45, 2.75) is 50.7 Å². The van der Waals surface area contributed by atoms with Crippen LogP contribution in [-0.2, 0) is 32.6 Å². The van der Waals surface area contributed by atoms with Gasteiger partial charge in [0.15, 0.2) is 0 Å². The van der Waals surface area contributed by atoms with Crippen LogP contribution in [0.2, 0.25) is 5.02 Å². The molecule has 1 fully saturated rings. The number of hydrogen-bond donors (Lipinski definition) is 1. The number of benzene rings is 4. The van der Waals surface area contributed by atoms with E-state index in [0.717, 1.165) is 41.8 Å². The van der Waals surface area contributed by atoms with E-state index in [-0.39, 0.29) is 24.9 Å². The minimum Gasteiger partial charge on any atom is -0.457 e. The molecule has 0 heterocycles. The highest BCUT2D eigenvalue weighted by atomic mass is 35.5. The summed E-state index contributed by atoms with van der Waals surface area (Å²) in [6.07, 6.45) is 5.15. The molecule has 1 aliphatic rings. The molecule has 5 rings (SSSR count). The lowest BCUT2D eigenvalue weighted by atomic mass is 10.0. The molecule has 0 spiro atoms. The van der Waals surface area contributed by atoms with Gasteiger partial charge in [-0.2, -0.15) is 0 Å². The Morgan fingerprint density at radius 1 is 0.848 bits per heavy atom. The van der Waals surface area contributed by atoms with Gasteiger partial charge in [-0.3, -0.25) is 13.9 Å². The Hall–Kier alpha value is -4.34. The summed E-state index contributed by atoms with van der Waals surface area (Å²) < 4.78 is 33.2. The number of amides is 2. The molecule has 240 valence electrons. The van der Waals surface area contributed by atoms with Gasteiger partial charge in [0.2, 0.25) is 21.8 Å². The van der Waals surface area contributed by atoms with Crippen molar-refractivity contribution >= 4 is 39.1 Å². The van der Waals surface area contributed by atoms with Gasteiger partial charge in [0.05, 0.1) is 11.9 Å². The number of rotatable bonds is 13. The molecule has 1 aliphatic carbocycles. The molecule has 4 aromatic rings. The summed E-state index contributed by atoms with van der Waals surface area (Å²) >= 11 is 6.55. The van der Waals surface area contributed by atoms with Crippen LogP contribution < -0.4 is 14.4 Å². The highest BCUT2D eigenvalue weighted by molar-refractivity contribution is 7.92. The molecule has 8 nitrogen and oxygen atoms in total. The number of halogens is 1. The highest BCUT2D eigenvalue weighted by Crippen LogP contribution is 2.27. The van der Waals surface area contributed by atoms with Gasteiger partial charge < -0.3 is 15.0 Å². The minimum absolute atomic E-state index is 0.0234. The van der Waals surface area contributed by atoms with E-state index in [0.29, 0.717) is 27.8 Å². The van der Waals surface area contributed by atoms with Gasteiger partial charge in [-0.15, -0.1) is 0 Å². The summed E-state index contributed by atoms with van der Waals surface area (Å²) in [6, 6.07) is 31.5. The maximum absolute atomic E-state index is 14.3. The Morgan fingerprint density at radius 3 is 2.07 bits per heavy atom. The molecule has 1 saturated carbocycles. The van der Waals surface area contributed by atoms with Crippen molar-refractivity contribution in [2.24, 2.45) is 0 Å². The molecule has 1 atom stereocenters. The van der Waals surface area contributed by atoms with E-state index >= 15 is 0 Å². The van der Waals surface area contributed by atoms with Crippen LogP contribution in [0.15, 0.2) is 109 Å². The second-order valence-electron chi connectivity index (χ2n) is 11.5. The number of hydrogen-bond acceptors (Lipinski definition) is 5. The average Bonchev–Trinajstić information content (AvgIpc) is 3.56. The number of nitrogens with one attached hydrogen (secondary N) is 1. The van der Waals surface area contributed by atoms with Gasteiger partial charge in [-0.05, 0) is 66.4 Å². The monoisotopic (exact) mass is 659 g/mol. The molecule has 0 saturated heterocycles. The molecular weight excluding hydrogens is 622 g/mol. The van der Waals surface area contributed by atoms with Crippen molar-refractivity contribution in [3.05, 3.63) is 125 Å². The van der Waals surface area contributed by atoms with Gasteiger partial charge in [-0.25, -0.2) is 8.42 Å². The molecule has 2 amide bonds. The van der Waals surface area contributed by atoms with Gasteiger partial charge in [0.1, 0.15) is 24.1 Å². The maximum atomic E-state index is 14.3. The Labute approximate surface area is 276 Å². The Kier molecular flexibility index (Phi) is 11.0. The Bertz CT molecular complexity index is 1710. The van der Waals surface area contributed by atoms with E-state index in [9.17, 15) is 18.0 Å². The SMILES string of the molecule is CS(=O)(=O)N(CC(=O)N(Cc1ccccc1Cl)[C@H](Cc1ccccc1)C(=O)NC1CCCC1)c1ccc(Oc2ccccc2)cc1. The standard InChI is InChI=1S/C36H38ClN3O5S/c1-46(43,44)40(30-20-22-32(23-21-30)45-31-17-6-3-7-18-31)26-35(41)39(25-28-14-8-11-19-33(28)37)34(24-27-12-4-2-5-13-27)36(42)38-29-15-9-10-16-29/h2-8,11-14,17-23,29,34H,9-10,15-16,24-26H2,1H3,(H,38,42)/t34-/m1/s1. The number of carbonyl (C=O) groups is 2. The van der Waals surface area contributed by atoms with E-state index in [1.807, 2.05) is 66.7 Å². The number of ether oxygens (including phenoxy) is 1. The van der Waals surface area contributed by atoms with Gasteiger partial charge in [0.25, 0.3) is 0 Å². The molecule has 46 heavy (non-hydrogen) atoms. The normalized spacial score (nSPS) is 14.0. The van der Waals surface area contributed by atoms with Crippen LogP contribution in [0.1, 0.15) is 36.8 Å². The summed E-state index contributed by atoms with van der Waals surface area (Å²) in [5.74, 6) is 0.351. The summed E-state index contributed by atoms with van der Waals surface area (Å²) in [5, 5.41) is 3.61. The zero-order valence-corrected chi connectivity index (χ0v) is 27.3. The van der Waals surface area contributed by atoms with Crippen molar-refractivity contribution in [1.29, 1.82) is 0 Å². The third-order valence-electron chi connectivity index (χ3n) is 8.05. The summed E-state index contributed by atoms with van der Waals surface area (Å²) in [7, 11) is -3.90. The second kappa shape index (κ2) is 15.3.